The number of nitrogens with zero attached hydrogens (tertiary/aromatic N) is 2. The summed E-state index contributed by atoms with van der Waals surface area (Å²) in [6.45, 7) is 9.23. The van der Waals surface area contributed by atoms with Gasteiger partial charge in [0.2, 0.25) is 0 Å². The molecule has 0 aromatic heterocycles. The number of benzene rings is 1. The molecule has 2 fully saturated rings. The van der Waals surface area contributed by atoms with E-state index in [1.54, 1.807) is 11.0 Å². The third kappa shape index (κ3) is 4.02. The number of amides is 1. The SMILES string of the molecule is C=C/C=C\C(=C/C)CN1CCC2(CC1)CN(c1ccccc1)C(=O)O2. The van der Waals surface area contributed by atoms with Crippen molar-refractivity contribution in [3.8, 4) is 0 Å². The zero-order valence-electron chi connectivity index (χ0n) is 14.9. The predicted octanol–water partition coefficient (Wildman–Crippen LogP) is 4.17. The first-order chi connectivity index (χ1) is 12.2. The Bertz CT molecular complexity index is 670. The summed E-state index contributed by atoms with van der Waals surface area (Å²) in [4.78, 5) is 16.5. The summed E-state index contributed by atoms with van der Waals surface area (Å²) in [5.41, 5.74) is 1.86. The average molecular weight is 338 g/mol. The molecule has 3 rings (SSSR count). The molecule has 0 saturated carbocycles. The fraction of sp³-hybridized carbons (Fsp3) is 0.381. The molecule has 0 atom stereocenters. The van der Waals surface area contributed by atoms with Crippen LogP contribution in [0.3, 0.4) is 0 Å². The summed E-state index contributed by atoms with van der Waals surface area (Å²) in [6, 6.07) is 9.77. The fourth-order valence-electron chi connectivity index (χ4n) is 3.50. The van der Waals surface area contributed by atoms with Gasteiger partial charge in [-0.1, -0.05) is 49.1 Å². The van der Waals surface area contributed by atoms with Gasteiger partial charge in [0.25, 0.3) is 0 Å². The van der Waals surface area contributed by atoms with E-state index in [2.05, 4.69) is 30.6 Å². The van der Waals surface area contributed by atoms with E-state index in [1.165, 1.54) is 5.57 Å². The number of ether oxygens (including phenoxy) is 1. The lowest BCUT2D eigenvalue weighted by molar-refractivity contribution is 0.00319. The summed E-state index contributed by atoms with van der Waals surface area (Å²) >= 11 is 0. The van der Waals surface area contributed by atoms with E-state index in [1.807, 2.05) is 36.4 Å². The highest BCUT2D eigenvalue weighted by Crippen LogP contribution is 2.35. The van der Waals surface area contributed by atoms with E-state index >= 15 is 0 Å². The van der Waals surface area contributed by atoms with Crippen LogP contribution in [0.2, 0.25) is 0 Å². The zero-order chi connectivity index (χ0) is 17.7. The first kappa shape index (κ1) is 17.5. The molecule has 1 amide bonds. The normalized spacial score (nSPS) is 21.1. The fourth-order valence-corrected chi connectivity index (χ4v) is 3.50. The van der Waals surface area contributed by atoms with Crippen LogP contribution in [0.5, 0.6) is 0 Å². The van der Waals surface area contributed by atoms with Gasteiger partial charge >= 0.3 is 6.09 Å². The van der Waals surface area contributed by atoms with Gasteiger partial charge in [-0.2, -0.15) is 0 Å². The molecule has 0 radical (unpaired) electrons. The molecule has 2 saturated heterocycles. The van der Waals surface area contributed by atoms with Crippen molar-refractivity contribution < 1.29 is 9.53 Å². The van der Waals surface area contributed by atoms with Gasteiger partial charge < -0.3 is 4.74 Å². The minimum atomic E-state index is -0.337. The number of likely N-dealkylation sites (tertiary alicyclic amines) is 1. The first-order valence-electron chi connectivity index (χ1n) is 8.88. The molecule has 4 nitrogen and oxygen atoms in total. The quantitative estimate of drug-likeness (QED) is 0.756. The Morgan fingerprint density at radius 1 is 1.28 bits per heavy atom. The molecule has 25 heavy (non-hydrogen) atoms. The Morgan fingerprint density at radius 2 is 2.00 bits per heavy atom. The Balaban J connectivity index is 1.59. The topological polar surface area (TPSA) is 32.8 Å². The molecule has 2 aliphatic rings. The smallest absolute Gasteiger partial charge is 0.415 e. The molecule has 0 N–H and O–H groups in total. The van der Waals surface area contributed by atoms with Crippen molar-refractivity contribution in [2.75, 3.05) is 31.1 Å². The van der Waals surface area contributed by atoms with Gasteiger partial charge in [0, 0.05) is 38.2 Å². The highest BCUT2D eigenvalue weighted by molar-refractivity contribution is 5.90. The minimum absolute atomic E-state index is 0.220. The van der Waals surface area contributed by atoms with Crippen molar-refractivity contribution in [3.63, 3.8) is 0 Å². The van der Waals surface area contributed by atoms with Crippen molar-refractivity contribution in [2.45, 2.75) is 25.4 Å². The van der Waals surface area contributed by atoms with E-state index in [9.17, 15) is 4.79 Å². The highest BCUT2D eigenvalue weighted by atomic mass is 16.6. The summed E-state index contributed by atoms with van der Waals surface area (Å²) in [7, 11) is 0. The molecule has 1 aromatic carbocycles. The van der Waals surface area contributed by atoms with E-state index in [4.69, 9.17) is 4.74 Å². The second-order valence-electron chi connectivity index (χ2n) is 6.71. The third-order valence-corrected chi connectivity index (χ3v) is 5.03. The lowest BCUT2D eigenvalue weighted by Crippen LogP contribution is -2.47. The second kappa shape index (κ2) is 7.70. The molecule has 0 bridgehead atoms. The number of piperidine rings is 1. The Hall–Kier alpha value is -2.33. The van der Waals surface area contributed by atoms with Crippen LogP contribution in [0.1, 0.15) is 19.8 Å². The number of para-hydroxylation sites is 1. The molecule has 2 aliphatic heterocycles. The number of allylic oxidation sites excluding steroid dienone is 3. The summed E-state index contributed by atoms with van der Waals surface area (Å²) in [5.74, 6) is 0. The maximum Gasteiger partial charge on any atom is 0.415 e. The third-order valence-electron chi connectivity index (χ3n) is 5.03. The Morgan fingerprint density at radius 3 is 2.64 bits per heavy atom. The van der Waals surface area contributed by atoms with Gasteiger partial charge in [-0.05, 0) is 24.6 Å². The van der Waals surface area contributed by atoms with Gasteiger partial charge in [0.05, 0.1) is 6.54 Å². The van der Waals surface area contributed by atoms with Crippen molar-refractivity contribution in [3.05, 3.63) is 66.8 Å². The van der Waals surface area contributed by atoms with E-state index in [0.29, 0.717) is 6.54 Å². The van der Waals surface area contributed by atoms with E-state index in [0.717, 1.165) is 38.2 Å². The summed E-state index contributed by atoms with van der Waals surface area (Å²) in [6.07, 6.45) is 9.54. The van der Waals surface area contributed by atoms with Crippen LogP contribution in [0, 0.1) is 0 Å². The molecule has 1 spiro atoms. The molecular formula is C21H26N2O2. The van der Waals surface area contributed by atoms with Crippen molar-refractivity contribution in [1.82, 2.24) is 4.90 Å². The Kier molecular flexibility index (Phi) is 5.39. The first-order valence-corrected chi connectivity index (χ1v) is 8.88. The number of anilines is 1. The van der Waals surface area contributed by atoms with Crippen LogP contribution in [0.4, 0.5) is 10.5 Å². The molecular weight excluding hydrogens is 312 g/mol. The standard InChI is InChI=1S/C21H26N2O2/c1-3-5-9-18(4-2)16-22-14-12-21(13-15-22)17-23(20(24)25-21)19-10-7-6-8-11-19/h3-11H,1,12-17H2,2H3/b9-5-,18-4+. The van der Waals surface area contributed by atoms with Crippen LogP contribution >= 0.6 is 0 Å². The van der Waals surface area contributed by atoms with Gasteiger partial charge in [0.15, 0.2) is 0 Å². The highest BCUT2D eigenvalue weighted by Gasteiger charge is 2.47. The van der Waals surface area contributed by atoms with E-state index < -0.39 is 0 Å². The second-order valence-corrected chi connectivity index (χ2v) is 6.71. The number of hydrogen-bond acceptors (Lipinski definition) is 3. The molecule has 0 aliphatic carbocycles. The van der Waals surface area contributed by atoms with Gasteiger partial charge in [-0.15, -0.1) is 0 Å². The minimum Gasteiger partial charge on any atom is -0.441 e. The summed E-state index contributed by atoms with van der Waals surface area (Å²) < 4.78 is 5.82. The van der Waals surface area contributed by atoms with Gasteiger partial charge in [0.1, 0.15) is 5.60 Å². The lowest BCUT2D eigenvalue weighted by Gasteiger charge is -2.37. The molecule has 1 aromatic rings. The molecule has 132 valence electrons. The number of carbonyl (C=O) groups excluding carboxylic acids is 1. The molecule has 4 heteroatoms. The largest absolute Gasteiger partial charge is 0.441 e. The van der Waals surface area contributed by atoms with Crippen LogP contribution in [0.25, 0.3) is 0 Å². The predicted molar refractivity (Wildman–Crippen MR) is 102 cm³/mol. The average Bonchev–Trinajstić information content (AvgIpc) is 2.97. The zero-order valence-corrected chi connectivity index (χ0v) is 14.9. The van der Waals surface area contributed by atoms with Crippen LogP contribution in [-0.4, -0.2) is 42.8 Å². The molecule has 0 unspecified atom stereocenters. The van der Waals surface area contributed by atoms with E-state index in [-0.39, 0.29) is 11.7 Å². The lowest BCUT2D eigenvalue weighted by atomic mass is 9.91. The number of hydrogen-bond donors (Lipinski definition) is 0. The Labute approximate surface area is 150 Å². The van der Waals surface area contributed by atoms with Crippen molar-refractivity contribution in [2.24, 2.45) is 0 Å². The van der Waals surface area contributed by atoms with Crippen molar-refractivity contribution in [1.29, 1.82) is 0 Å². The molecule has 2 heterocycles. The number of carbonyl (C=O) groups is 1. The van der Waals surface area contributed by atoms with Gasteiger partial charge in [-0.3, -0.25) is 9.80 Å². The monoisotopic (exact) mass is 338 g/mol. The maximum atomic E-state index is 12.3. The number of rotatable bonds is 5. The van der Waals surface area contributed by atoms with Crippen LogP contribution in [-0.2, 0) is 4.74 Å². The summed E-state index contributed by atoms with van der Waals surface area (Å²) in [5, 5.41) is 0. The van der Waals surface area contributed by atoms with Crippen molar-refractivity contribution >= 4 is 11.8 Å². The van der Waals surface area contributed by atoms with Crippen LogP contribution < -0.4 is 4.90 Å². The van der Waals surface area contributed by atoms with Crippen LogP contribution in [0.15, 0.2) is 66.8 Å². The van der Waals surface area contributed by atoms with Gasteiger partial charge in [-0.25, -0.2) is 4.79 Å². The maximum absolute atomic E-state index is 12.3.